The molecule has 0 aliphatic carbocycles. The van der Waals surface area contributed by atoms with Crippen LogP contribution in [0.1, 0.15) is 62.4 Å². The van der Waals surface area contributed by atoms with Crippen molar-refractivity contribution in [2.45, 2.75) is 66.3 Å². The van der Waals surface area contributed by atoms with Crippen molar-refractivity contribution in [3.63, 3.8) is 0 Å². The molecule has 0 radical (unpaired) electrons. The first kappa shape index (κ1) is 18.3. The third kappa shape index (κ3) is 2.30. The van der Waals surface area contributed by atoms with Crippen LogP contribution in [-0.2, 0) is 5.41 Å². The van der Waals surface area contributed by atoms with Crippen LogP contribution in [0.25, 0.3) is 5.57 Å². The van der Waals surface area contributed by atoms with E-state index < -0.39 is 0 Å². The highest BCUT2D eigenvalue weighted by atomic mass is 15.2. The summed E-state index contributed by atoms with van der Waals surface area (Å²) in [4.78, 5) is 2.68. The largest absolute Gasteiger partial charge is 0.357 e. The molecule has 0 saturated carbocycles. The number of anilines is 1. The highest BCUT2D eigenvalue weighted by Gasteiger charge is 2.59. The lowest BCUT2D eigenvalue weighted by atomic mass is 9.52. The molecule has 0 N–H and O–H groups in total. The van der Waals surface area contributed by atoms with Gasteiger partial charge in [0.15, 0.2) is 0 Å². The molecule has 142 valence electrons. The summed E-state index contributed by atoms with van der Waals surface area (Å²) in [5.41, 5.74) is 10.0. The number of nitrogens with zero attached hydrogens (tertiary/aromatic N) is 1. The predicted octanol–water partition coefficient (Wildman–Crippen LogP) is 6.59. The molecule has 2 aliphatic rings. The molecule has 1 unspecified atom stereocenters. The summed E-state index contributed by atoms with van der Waals surface area (Å²) in [5.74, 6) is 0. The van der Waals surface area contributed by atoms with Gasteiger partial charge in [-0.25, -0.2) is 0 Å². The summed E-state index contributed by atoms with van der Waals surface area (Å²) >= 11 is 0. The van der Waals surface area contributed by atoms with Gasteiger partial charge in [0.2, 0.25) is 0 Å². The van der Waals surface area contributed by atoms with Gasteiger partial charge < -0.3 is 4.90 Å². The monoisotopic (exact) mass is 359 g/mol. The molecule has 1 atom stereocenters. The number of para-hydroxylation sites is 1. The predicted molar refractivity (Wildman–Crippen MR) is 118 cm³/mol. The minimum absolute atomic E-state index is 0.0113. The van der Waals surface area contributed by atoms with Crippen molar-refractivity contribution in [1.29, 1.82) is 0 Å². The second-order valence-corrected chi connectivity index (χ2v) is 10.0. The van der Waals surface area contributed by atoms with Crippen molar-refractivity contribution < 1.29 is 0 Å². The molecule has 2 aromatic carbocycles. The van der Waals surface area contributed by atoms with Crippen LogP contribution in [0.2, 0.25) is 0 Å². The molecular weight excluding hydrogens is 326 g/mol. The van der Waals surface area contributed by atoms with E-state index in [4.69, 9.17) is 0 Å². The van der Waals surface area contributed by atoms with E-state index in [2.05, 4.69) is 103 Å². The molecule has 0 saturated heterocycles. The van der Waals surface area contributed by atoms with E-state index in [1.807, 2.05) is 0 Å². The highest BCUT2D eigenvalue weighted by molar-refractivity contribution is 5.82. The summed E-state index contributed by atoms with van der Waals surface area (Å²) in [7, 11) is 0. The van der Waals surface area contributed by atoms with Crippen molar-refractivity contribution in [2.24, 2.45) is 5.41 Å². The smallest absolute Gasteiger partial charge is 0.0626 e. The van der Waals surface area contributed by atoms with Crippen molar-refractivity contribution in [1.82, 2.24) is 0 Å². The summed E-state index contributed by atoms with van der Waals surface area (Å²) in [5, 5.41) is 0. The van der Waals surface area contributed by atoms with Crippen LogP contribution in [0, 0.1) is 26.2 Å². The zero-order chi connectivity index (χ0) is 19.8. The first-order valence-electron chi connectivity index (χ1n) is 10.2. The van der Waals surface area contributed by atoms with Gasteiger partial charge in [-0.2, -0.15) is 0 Å². The molecule has 1 heteroatoms. The number of rotatable bonds is 1. The number of aryl methyl sites for hydroxylation is 3. The molecule has 0 bridgehead atoms. The Morgan fingerprint density at radius 2 is 1.48 bits per heavy atom. The Hall–Kier alpha value is -2.02. The average Bonchev–Trinajstić information content (AvgIpc) is 2.92. The molecule has 0 spiro atoms. The van der Waals surface area contributed by atoms with Crippen LogP contribution >= 0.6 is 0 Å². The van der Waals surface area contributed by atoms with Gasteiger partial charge >= 0.3 is 0 Å². The van der Waals surface area contributed by atoms with Gasteiger partial charge in [-0.15, -0.1) is 0 Å². The van der Waals surface area contributed by atoms with Crippen LogP contribution in [-0.4, -0.2) is 12.1 Å². The standard InChI is InChI=1S/C26H33N/c1-17-12-18(2)14-20(13-17)21-15-26(8)25(6,7)24(4,5)22-11-9-10-19(3)23(22)27(26)16-21/h9-15H,16H2,1-8H3. The maximum atomic E-state index is 2.68. The van der Waals surface area contributed by atoms with Gasteiger partial charge in [-0.3, -0.25) is 0 Å². The fourth-order valence-corrected chi connectivity index (χ4v) is 5.45. The van der Waals surface area contributed by atoms with Crippen LogP contribution in [0.4, 0.5) is 5.69 Å². The molecule has 1 nitrogen and oxygen atoms in total. The summed E-state index contributed by atoms with van der Waals surface area (Å²) in [6.07, 6.45) is 2.57. The normalized spacial score (nSPS) is 25.0. The first-order valence-corrected chi connectivity index (χ1v) is 10.2. The lowest BCUT2D eigenvalue weighted by molar-refractivity contribution is 0.102. The molecule has 2 aromatic rings. The molecule has 0 amide bonds. The van der Waals surface area contributed by atoms with Crippen LogP contribution in [0.15, 0.2) is 42.5 Å². The van der Waals surface area contributed by atoms with E-state index in [-0.39, 0.29) is 16.4 Å². The van der Waals surface area contributed by atoms with Crippen molar-refractivity contribution in [3.8, 4) is 0 Å². The van der Waals surface area contributed by atoms with E-state index >= 15 is 0 Å². The second-order valence-electron chi connectivity index (χ2n) is 10.0. The van der Waals surface area contributed by atoms with Gasteiger partial charge in [0.25, 0.3) is 0 Å². The SMILES string of the molecule is Cc1cc(C)cc(C2=CC3(C)N(C2)c2c(C)cccc2C(C)(C)C3(C)C)c1. The number of hydrogen-bond donors (Lipinski definition) is 0. The minimum atomic E-state index is -0.0113. The van der Waals surface area contributed by atoms with Gasteiger partial charge in [-0.05, 0) is 55.4 Å². The Labute approximate surface area is 165 Å². The zero-order valence-corrected chi connectivity index (χ0v) is 18.2. The molecule has 27 heavy (non-hydrogen) atoms. The molecule has 0 fully saturated rings. The third-order valence-corrected chi connectivity index (χ3v) is 7.95. The lowest BCUT2D eigenvalue weighted by Gasteiger charge is -2.61. The summed E-state index contributed by atoms with van der Waals surface area (Å²) in [6.45, 7) is 19.9. The Kier molecular flexibility index (Phi) is 3.74. The van der Waals surface area contributed by atoms with E-state index in [0.29, 0.717) is 0 Å². The molecule has 0 aromatic heterocycles. The molecular formula is C26H33N. The van der Waals surface area contributed by atoms with Gasteiger partial charge in [-0.1, -0.05) is 81.3 Å². The topological polar surface area (TPSA) is 3.24 Å². The third-order valence-electron chi connectivity index (χ3n) is 7.95. The minimum Gasteiger partial charge on any atom is -0.357 e. The number of hydrogen-bond acceptors (Lipinski definition) is 1. The van der Waals surface area contributed by atoms with Crippen molar-refractivity contribution >= 4 is 11.3 Å². The van der Waals surface area contributed by atoms with Gasteiger partial charge in [0, 0.05) is 17.6 Å². The maximum Gasteiger partial charge on any atom is 0.0626 e. The summed E-state index contributed by atoms with van der Waals surface area (Å²) < 4.78 is 0. The Balaban J connectivity index is 1.96. The van der Waals surface area contributed by atoms with E-state index in [0.717, 1.165) is 6.54 Å². The highest BCUT2D eigenvalue weighted by Crippen LogP contribution is 2.61. The van der Waals surface area contributed by atoms with Gasteiger partial charge in [0.05, 0.1) is 5.54 Å². The quantitative estimate of drug-likeness (QED) is 0.555. The molecule has 2 heterocycles. The van der Waals surface area contributed by atoms with Crippen LogP contribution < -0.4 is 4.90 Å². The van der Waals surface area contributed by atoms with Crippen LogP contribution in [0.3, 0.4) is 0 Å². The summed E-state index contributed by atoms with van der Waals surface area (Å²) in [6, 6.07) is 13.8. The fraction of sp³-hybridized carbons (Fsp3) is 0.462. The number of benzene rings is 2. The molecule has 2 aliphatic heterocycles. The van der Waals surface area contributed by atoms with Crippen molar-refractivity contribution in [2.75, 3.05) is 11.4 Å². The Morgan fingerprint density at radius 3 is 2.11 bits per heavy atom. The first-order chi connectivity index (χ1) is 12.5. The van der Waals surface area contributed by atoms with E-state index in [1.165, 1.54) is 39.1 Å². The Bertz CT molecular complexity index is 940. The lowest BCUT2D eigenvalue weighted by Crippen LogP contribution is -2.63. The maximum absolute atomic E-state index is 2.68. The van der Waals surface area contributed by atoms with E-state index in [1.54, 1.807) is 0 Å². The van der Waals surface area contributed by atoms with Crippen molar-refractivity contribution in [3.05, 3.63) is 70.3 Å². The van der Waals surface area contributed by atoms with Crippen LogP contribution in [0.5, 0.6) is 0 Å². The number of fused-ring (bicyclic) bond motifs is 3. The molecule has 4 rings (SSSR count). The Morgan fingerprint density at radius 1 is 0.852 bits per heavy atom. The van der Waals surface area contributed by atoms with E-state index in [9.17, 15) is 0 Å². The van der Waals surface area contributed by atoms with Gasteiger partial charge in [0.1, 0.15) is 0 Å². The fourth-order valence-electron chi connectivity index (χ4n) is 5.45. The second kappa shape index (κ2) is 5.50. The zero-order valence-electron chi connectivity index (χ0n) is 18.2. The average molecular weight is 360 g/mol.